The van der Waals surface area contributed by atoms with Crippen molar-refractivity contribution >= 4 is 0 Å². The summed E-state index contributed by atoms with van der Waals surface area (Å²) < 4.78 is 43.6. The fraction of sp³-hybridized carbons (Fsp3) is 0.368. The van der Waals surface area contributed by atoms with Crippen LogP contribution >= 0.6 is 0 Å². The van der Waals surface area contributed by atoms with E-state index in [9.17, 15) is 10.2 Å². The zero-order chi connectivity index (χ0) is 32.3. The van der Waals surface area contributed by atoms with Crippen molar-refractivity contribution in [2.75, 3.05) is 19.8 Å². The van der Waals surface area contributed by atoms with Crippen molar-refractivity contribution in [2.24, 2.45) is 0 Å². The Morgan fingerprint density at radius 1 is 0.574 bits per heavy atom. The summed E-state index contributed by atoms with van der Waals surface area (Å²) in [5.74, 6) is 0. The van der Waals surface area contributed by atoms with Gasteiger partial charge in [-0.25, -0.2) is 0 Å². The third kappa shape index (κ3) is 9.11. The highest BCUT2D eigenvalue weighted by Crippen LogP contribution is 2.33. The molecule has 4 aromatic carbocycles. The van der Waals surface area contributed by atoms with Crippen molar-refractivity contribution < 1.29 is 43.4 Å². The minimum Gasteiger partial charge on any atom is -0.385 e. The number of aliphatic hydroxyl groups is 2. The summed E-state index contributed by atoms with van der Waals surface area (Å²) in [6, 6.07) is 39.0. The number of aliphatic hydroxyl groups excluding tert-OH is 1. The van der Waals surface area contributed by atoms with E-state index in [2.05, 4.69) is 0 Å². The van der Waals surface area contributed by atoms with E-state index in [1.165, 1.54) is 0 Å². The first-order valence-corrected chi connectivity index (χ1v) is 15.9. The molecule has 0 radical (unpaired) electrons. The lowest BCUT2D eigenvalue weighted by Gasteiger charge is -2.43. The number of hydrogen-bond acceptors (Lipinski definition) is 9. The molecule has 47 heavy (non-hydrogen) atoms. The summed E-state index contributed by atoms with van der Waals surface area (Å²) in [6.45, 7) is 0.983. The van der Waals surface area contributed by atoms with Gasteiger partial charge in [0.2, 0.25) is 0 Å². The van der Waals surface area contributed by atoms with Crippen LogP contribution in [-0.4, -0.2) is 72.6 Å². The standard InChI is InChI=1S/C38H42O9/c39-35-37(46-27-38(35,40)26-41-21-28-13-5-1-6-14-28)47-33-32(42-22-29-15-7-2-8-16-29)25-45-36(44-24-31-19-11-4-12-20-31)34(33)43-23-30-17-9-3-10-18-30/h1-20,32-37,39-40H,21-27H2/t32-,33+,34-,35+,36+,37+,38-/m0/s1. The monoisotopic (exact) mass is 642 g/mol. The highest BCUT2D eigenvalue weighted by molar-refractivity contribution is 5.16. The van der Waals surface area contributed by atoms with Gasteiger partial charge < -0.3 is 43.4 Å². The Morgan fingerprint density at radius 3 is 1.62 bits per heavy atom. The van der Waals surface area contributed by atoms with Gasteiger partial charge in [-0.2, -0.15) is 0 Å². The Morgan fingerprint density at radius 2 is 1.06 bits per heavy atom. The molecule has 2 saturated heterocycles. The molecule has 0 amide bonds. The summed E-state index contributed by atoms with van der Waals surface area (Å²) in [4.78, 5) is 0. The van der Waals surface area contributed by atoms with Crippen LogP contribution in [0.5, 0.6) is 0 Å². The quantitative estimate of drug-likeness (QED) is 0.190. The minimum atomic E-state index is -1.67. The number of benzene rings is 4. The largest absolute Gasteiger partial charge is 0.385 e. The molecule has 248 valence electrons. The SMILES string of the molecule is O[C@@H]1[C@@H](O[C@H]2[C@H](OCc3ccccc3)[C@H](OCc3ccccc3)OC[C@@H]2OCc2ccccc2)OC[C@@]1(O)COCc1ccccc1. The maximum absolute atomic E-state index is 11.3. The first kappa shape index (κ1) is 33.4. The zero-order valence-electron chi connectivity index (χ0n) is 26.2. The molecular weight excluding hydrogens is 600 g/mol. The Balaban J connectivity index is 1.19. The van der Waals surface area contributed by atoms with E-state index in [1.54, 1.807) is 0 Å². The van der Waals surface area contributed by atoms with E-state index in [0.717, 1.165) is 22.3 Å². The second kappa shape index (κ2) is 16.6. The molecule has 6 rings (SSSR count). The predicted molar refractivity (Wildman–Crippen MR) is 173 cm³/mol. The molecule has 2 fully saturated rings. The van der Waals surface area contributed by atoms with Gasteiger partial charge in [-0.1, -0.05) is 121 Å². The number of hydrogen-bond donors (Lipinski definition) is 2. The van der Waals surface area contributed by atoms with Gasteiger partial charge in [0.25, 0.3) is 0 Å². The molecule has 0 bridgehead atoms. The maximum Gasteiger partial charge on any atom is 0.187 e. The highest BCUT2D eigenvalue weighted by atomic mass is 16.7. The van der Waals surface area contributed by atoms with Gasteiger partial charge in [0, 0.05) is 0 Å². The third-order valence-corrected chi connectivity index (χ3v) is 8.29. The summed E-state index contributed by atoms with van der Waals surface area (Å²) in [5, 5.41) is 22.7. The summed E-state index contributed by atoms with van der Waals surface area (Å²) in [7, 11) is 0. The topological polar surface area (TPSA) is 105 Å². The normalized spacial score (nSPS) is 27.5. The lowest BCUT2D eigenvalue weighted by atomic mass is 10.00. The predicted octanol–water partition coefficient (Wildman–Crippen LogP) is 4.78. The number of rotatable bonds is 15. The summed E-state index contributed by atoms with van der Waals surface area (Å²) >= 11 is 0. The highest BCUT2D eigenvalue weighted by Gasteiger charge is 2.53. The minimum absolute atomic E-state index is 0.138. The van der Waals surface area contributed by atoms with E-state index < -0.39 is 42.6 Å². The van der Waals surface area contributed by atoms with E-state index in [0.29, 0.717) is 13.2 Å². The molecule has 0 aliphatic carbocycles. The van der Waals surface area contributed by atoms with Crippen LogP contribution in [-0.2, 0) is 59.6 Å². The summed E-state index contributed by atoms with van der Waals surface area (Å²) in [6.07, 6.45) is -5.55. The fourth-order valence-electron chi connectivity index (χ4n) is 5.64. The first-order chi connectivity index (χ1) is 23.1. The molecule has 0 spiro atoms. The Labute approximate surface area is 275 Å². The van der Waals surface area contributed by atoms with Gasteiger partial charge in [-0.3, -0.25) is 0 Å². The Kier molecular flexibility index (Phi) is 11.8. The van der Waals surface area contributed by atoms with Gasteiger partial charge in [-0.05, 0) is 22.3 Å². The van der Waals surface area contributed by atoms with Crippen molar-refractivity contribution in [1.82, 2.24) is 0 Å². The van der Waals surface area contributed by atoms with Crippen molar-refractivity contribution in [2.45, 2.75) is 69.0 Å². The van der Waals surface area contributed by atoms with Crippen molar-refractivity contribution in [3.05, 3.63) is 144 Å². The van der Waals surface area contributed by atoms with Crippen LogP contribution < -0.4 is 0 Å². The number of ether oxygens (including phenoxy) is 7. The molecule has 2 aliphatic heterocycles. The van der Waals surface area contributed by atoms with Gasteiger partial charge in [-0.15, -0.1) is 0 Å². The van der Waals surface area contributed by atoms with Crippen LogP contribution in [0.3, 0.4) is 0 Å². The van der Waals surface area contributed by atoms with Crippen LogP contribution in [0.1, 0.15) is 22.3 Å². The van der Waals surface area contributed by atoms with Crippen molar-refractivity contribution in [3.8, 4) is 0 Å². The van der Waals surface area contributed by atoms with Crippen LogP contribution in [0, 0.1) is 0 Å². The van der Waals surface area contributed by atoms with Gasteiger partial charge in [0.15, 0.2) is 12.6 Å². The van der Waals surface area contributed by atoms with Crippen LogP contribution in [0.25, 0.3) is 0 Å². The molecule has 0 saturated carbocycles. The van der Waals surface area contributed by atoms with Crippen LogP contribution in [0.2, 0.25) is 0 Å². The zero-order valence-corrected chi connectivity index (χ0v) is 26.2. The molecule has 4 aromatic rings. The van der Waals surface area contributed by atoms with E-state index in [1.807, 2.05) is 121 Å². The second-order valence-corrected chi connectivity index (χ2v) is 11.9. The first-order valence-electron chi connectivity index (χ1n) is 15.9. The molecule has 2 aliphatic rings. The molecule has 0 aromatic heterocycles. The van der Waals surface area contributed by atoms with E-state index >= 15 is 0 Å². The molecule has 2 heterocycles. The molecule has 2 N–H and O–H groups in total. The van der Waals surface area contributed by atoms with Gasteiger partial charge in [0.1, 0.15) is 30.0 Å². The third-order valence-electron chi connectivity index (χ3n) is 8.29. The summed E-state index contributed by atoms with van der Waals surface area (Å²) in [5.41, 5.74) is 2.21. The molecular formula is C38H42O9. The van der Waals surface area contributed by atoms with Gasteiger partial charge in [0.05, 0.1) is 46.2 Å². The fourth-order valence-corrected chi connectivity index (χ4v) is 5.64. The van der Waals surface area contributed by atoms with Gasteiger partial charge >= 0.3 is 0 Å². The molecule has 9 nitrogen and oxygen atoms in total. The lowest BCUT2D eigenvalue weighted by Crippen LogP contribution is -2.59. The lowest BCUT2D eigenvalue weighted by molar-refractivity contribution is -0.324. The van der Waals surface area contributed by atoms with E-state index in [-0.39, 0.29) is 33.0 Å². The average molecular weight is 643 g/mol. The van der Waals surface area contributed by atoms with E-state index in [4.69, 9.17) is 33.2 Å². The van der Waals surface area contributed by atoms with Crippen LogP contribution in [0.15, 0.2) is 121 Å². The Hall–Kier alpha value is -3.48. The molecule has 9 heteroatoms. The van der Waals surface area contributed by atoms with Crippen molar-refractivity contribution in [1.29, 1.82) is 0 Å². The second-order valence-electron chi connectivity index (χ2n) is 11.9. The van der Waals surface area contributed by atoms with Crippen molar-refractivity contribution in [3.63, 3.8) is 0 Å². The Bertz CT molecular complexity index is 1460. The van der Waals surface area contributed by atoms with Crippen LogP contribution in [0.4, 0.5) is 0 Å². The average Bonchev–Trinajstić information content (AvgIpc) is 3.40. The smallest absolute Gasteiger partial charge is 0.187 e. The maximum atomic E-state index is 11.3. The molecule has 7 atom stereocenters. The molecule has 0 unspecified atom stereocenters.